The Bertz CT molecular complexity index is 316. The molecule has 62 valence electrons. The first kappa shape index (κ1) is 5.85. The molecule has 0 saturated heterocycles. The smallest absolute Gasteiger partial charge is 0.0314 e. The van der Waals surface area contributed by atoms with Gasteiger partial charge in [-0.05, 0) is 25.7 Å². The topological polar surface area (TPSA) is 3.24 Å². The van der Waals surface area contributed by atoms with E-state index in [0.29, 0.717) is 10.8 Å². The van der Waals surface area contributed by atoms with Crippen molar-refractivity contribution in [3.63, 3.8) is 0 Å². The minimum atomic E-state index is 0.548. The molecular formula is C11H13N. The molecule has 0 bridgehead atoms. The molecular weight excluding hydrogens is 146 g/mol. The predicted octanol–water partition coefficient (Wildman–Crippen LogP) is 2.27. The van der Waals surface area contributed by atoms with E-state index in [1.54, 1.807) is 5.70 Å². The molecule has 1 heteroatoms. The molecule has 12 heavy (non-hydrogen) atoms. The fraction of sp³-hybridized carbons (Fsp3) is 0.636. The number of hydrogen-bond acceptors (Lipinski definition) is 1. The average Bonchev–Trinajstić information content (AvgIpc) is 2.86. The van der Waals surface area contributed by atoms with Crippen LogP contribution >= 0.6 is 0 Å². The van der Waals surface area contributed by atoms with Crippen molar-refractivity contribution < 1.29 is 0 Å². The van der Waals surface area contributed by atoms with Gasteiger partial charge in [-0.3, -0.25) is 0 Å². The lowest BCUT2D eigenvalue weighted by atomic mass is 10.0. The highest BCUT2D eigenvalue weighted by atomic mass is 15.2. The first-order chi connectivity index (χ1) is 5.82. The van der Waals surface area contributed by atoms with Crippen LogP contribution in [0.2, 0.25) is 0 Å². The lowest BCUT2D eigenvalue weighted by Gasteiger charge is -2.15. The molecule has 0 radical (unpaired) electrons. The molecule has 0 aromatic carbocycles. The number of hydrogen-bond donors (Lipinski definition) is 0. The van der Waals surface area contributed by atoms with Crippen LogP contribution in [0.25, 0.3) is 0 Å². The summed E-state index contributed by atoms with van der Waals surface area (Å²) in [5.41, 5.74) is 2.85. The molecule has 1 nitrogen and oxygen atoms in total. The molecule has 0 aromatic rings. The van der Waals surface area contributed by atoms with Crippen molar-refractivity contribution in [1.29, 1.82) is 0 Å². The Hall–Kier alpha value is -0.720. The van der Waals surface area contributed by atoms with Crippen molar-refractivity contribution in [2.45, 2.75) is 25.7 Å². The van der Waals surface area contributed by atoms with Crippen molar-refractivity contribution in [3.8, 4) is 0 Å². The first-order valence-corrected chi connectivity index (χ1v) is 5.02. The second kappa shape index (κ2) is 1.39. The first-order valence-electron chi connectivity index (χ1n) is 5.02. The van der Waals surface area contributed by atoms with Gasteiger partial charge in [0.05, 0.1) is 0 Å². The Morgan fingerprint density at radius 3 is 2.67 bits per heavy atom. The monoisotopic (exact) mass is 159 g/mol. The van der Waals surface area contributed by atoms with Gasteiger partial charge in [-0.1, -0.05) is 12.2 Å². The van der Waals surface area contributed by atoms with E-state index in [9.17, 15) is 0 Å². The Morgan fingerprint density at radius 1 is 1.17 bits per heavy atom. The molecule has 2 spiro atoms. The third-order valence-corrected chi connectivity index (χ3v) is 4.00. The molecule has 4 rings (SSSR count). The Balaban J connectivity index is 1.84. The van der Waals surface area contributed by atoms with Crippen LogP contribution in [-0.4, -0.2) is 11.4 Å². The van der Waals surface area contributed by atoms with Gasteiger partial charge >= 0.3 is 0 Å². The Labute approximate surface area is 72.7 Å². The quantitative estimate of drug-likeness (QED) is 0.524. The van der Waals surface area contributed by atoms with Gasteiger partial charge in [-0.25, -0.2) is 0 Å². The summed E-state index contributed by atoms with van der Waals surface area (Å²) in [5.74, 6) is 0. The highest BCUT2D eigenvalue weighted by molar-refractivity contribution is 5.41. The SMILES string of the molecule is C1=CC2(CC2)C2=CC3(CC3)CN12. The second-order valence-corrected chi connectivity index (χ2v) is 4.99. The van der Waals surface area contributed by atoms with E-state index in [0.717, 1.165) is 0 Å². The van der Waals surface area contributed by atoms with Crippen molar-refractivity contribution in [2.24, 2.45) is 10.8 Å². The van der Waals surface area contributed by atoms with E-state index < -0.39 is 0 Å². The standard InChI is InChI=1S/C11H13N/c1-2-10(1)7-9-11(3-4-11)5-6-12(9)8-10/h5-7H,1-4,8H2. The van der Waals surface area contributed by atoms with Crippen molar-refractivity contribution >= 4 is 0 Å². The zero-order chi connectivity index (χ0) is 7.81. The molecule has 0 amide bonds. The van der Waals surface area contributed by atoms with E-state index in [4.69, 9.17) is 0 Å². The van der Waals surface area contributed by atoms with Gasteiger partial charge in [0.2, 0.25) is 0 Å². The molecule has 2 fully saturated rings. The lowest BCUT2D eigenvalue weighted by Crippen LogP contribution is -2.14. The molecule has 0 N–H and O–H groups in total. The van der Waals surface area contributed by atoms with Crippen LogP contribution in [0.4, 0.5) is 0 Å². The summed E-state index contributed by atoms with van der Waals surface area (Å²) in [6.45, 7) is 1.29. The van der Waals surface area contributed by atoms with E-state index in [1.165, 1.54) is 32.2 Å². The molecule has 4 aliphatic rings. The van der Waals surface area contributed by atoms with Gasteiger partial charge in [0.25, 0.3) is 0 Å². The molecule has 2 saturated carbocycles. The van der Waals surface area contributed by atoms with Gasteiger partial charge in [0, 0.05) is 29.3 Å². The average molecular weight is 159 g/mol. The van der Waals surface area contributed by atoms with Crippen LogP contribution in [0.15, 0.2) is 24.0 Å². The molecule has 2 aliphatic carbocycles. The zero-order valence-electron chi connectivity index (χ0n) is 7.21. The molecule has 0 atom stereocenters. The maximum absolute atomic E-state index is 2.58. The molecule has 0 unspecified atom stereocenters. The van der Waals surface area contributed by atoms with Crippen LogP contribution in [0.3, 0.4) is 0 Å². The summed E-state index contributed by atoms with van der Waals surface area (Å²) in [6, 6.07) is 0. The third kappa shape index (κ3) is 0.511. The van der Waals surface area contributed by atoms with Gasteiger partial charge in [0.15, 0.2) is 0 Å². The largest absolute Gasteiger partial charge is 0.350 e. The normalized spacial score (nSPS) is 36.0. The Morgan fingerprint density at radius 2 is 2.00 bits per heavy atom. The number of fused-ring (bicyclic) bond motifs is 2. The summed E-state index contributed by atoms with van der Waals surface area (Å²) in [7, 11) is 0. The number of rotatable bonds is 0. The number of nitrogens with zero attached hydrogens (tertiary/aromatic N) is 1. The van der Waals surface area contributed by atoms with Gasteiger partial charge in [-0.2, -0.15) is 0 Å². The van der Waals surface area contributed by atoms with Crippen molar-refractivity contribution in [3.05, 3.63) is 24.0 Å². The summed E-state index contributed by atoms with van der Waals surface area (Å²) in [5, 5.41) is 0. The molecule has 2 aliphatic heterocycles. The maximum Gasteiger partial charge on any atom is 0.0314 e. The molecule has 2 heterocycles. The predicted molar refractivity (Wildman–Crippen MR) is 47.3 cm³/mol. The van der Waals surface area contributed by atoms with Gasteiger partial charge in [0.1, 0.15) is 0 Å². The summed E-state index contributed by atoms with van der Waals surface area (Å²) < 4.78 is 0. The fourth-order valence-corrected chi connectivity index (χ4v) is 2.74. The van der Waals surface area contributed by atoms with E-state index >= 15 is 0 Å². The van der Waals surface area contributed by atoms with Crippen LogP contribution < -0.4 is 0 Å². The summed E-state index contributed by atoms with van der Waals surface area (Å²) >= 11 is 0. The minimum Gasteiger partial charge on any atom is -0.350 e. The van der Waals surface area contributed by atoms with Crippen LogP contribution in [-0.2, 0) is 0 Å². The maximum atomic E-state index is 2.58. The number of allylic oxidation sites excluding steroid dienone is 1. The van der Waals surface area contributed by atoms with Gasteiger partial charge < -0.3 is 4.90 Å². The van der Waals surface area contributed by atoms with Crippen LogP contribution in [0, 0.1) is 10.8 Å². The highest BCUT2D eigenvalue weighted by Gasteiger charge is 2.56. The van der Waals surface area contributed by atoms with Crippen LogP contribution in [0.5, 0.6) is 0 Å². The highest BCUT2D eigenvalue weighted by Crippen LogP contribution is 2.64. The van der Waals surface area contributed by atoms with E-state index in [2.05, 4.69) is 23.3 Å². The zero-order valence-corrected chi connectivity index (χ0v) is 7.21. The molecule has 0 aromatic heterocycles. The fourth-order valence-electron chi connectivity index (χ4n) is 2.74. The summed E-state index contributed by atoms with van der Waals surface area (Å²) in [6.07, 6.45) is 13.0. The van der Waals surface area contributed by atoms with E-state index in [-0.39, 0.29) is 0 Å². The second-order valence-electron chi connectivity index (χ2n) is 4.99. The summed E-state index contributed by atoms with van der Waals surface area (Å²) in [4.78, 5) is 2.50. The third-order valence-electron chi connectivity index (χ3n) is 4.00. The Kier molecular flexibility index (Phi) is 0.675. The minimum absolute atomic E-state index is 0.548. The van der Waals surface area contributed by atoms with E-state index in [1.807, 2.05) is 0 Å². The lowest BCUT2D eigenvalue weighted by molar-refractivity contribution is 0.435. The van der Waals surface area contributed by atoms with Crippen molar-refractivity contribution in [2.75, 3.05) is 6.54 Å². The van der Waals surface area contributed by atoms with Gasteiger partial charge in [-0.15, -0.1) is 0 Å². The van der Waals surface area contributed by atoms with Crippen molar-refractivity contribution in [1.82, 2.24) is 4.90 Å². The van der Waals surface area contributed by atoms with Crippen LogP contribution in [0.1, 0.15) is 25.7 Å².